The smallest absolute Gasteiger partial charge is 0.0666 e. The van der Waals surface area contributed by atoms with Crippen molar-refractivity contribution >= 4 is 11.8 Å². The van der Waals surface area contributed by atoms with Gasteiger partial charge in [-0.05, 0) is 50.4 Å². The van der Waals surface area contributed by atoms with Gasteiger partial charge in [-0.3, -0.25) is 0 Å². The Hall–Kier alpha value is 0.270. The van der Waals surface area contributed by atoms with E-state index in [0.29, 0.717) is 6.10 Å². The molecular formula is C14H25NOS. The predicted octanol–water partition coefficient (Wildman–Crippen LogP) is 2.68. The maximum absolute atomic E-state index is 5.64. The van der Waals surface area contributed by atoms with Crippen LogP contribution in [0.4, 0.5) is 0 Å². The molecule has 0 aromatic rings. The average molecular weight is 255 g/mol. The summed E-state index contributed by atoms with van der Waals surface area (Å²) >= 11 is 2.07. The van der Waals surface area contributed by atoms with Crippen molar-refractivity contribution in [3.05, 3.63) is 0 Å². The molecule has 1 N–H and O–H groups in total. The van der Waals surface area contributed by atoms with Gasteiger partial charge in [-0.1, -0.05) is 0 Å². The van der Waals surface area contributed by atoms with Crippen molar-refractivity contribution in [3.8, 4) is 0 Å². The Labute approximate surface area is 109 Å². The van der Waals surface area contributed by atoms with Crippen molar-refractivity contribution < 1.29 is 4.74 Å². The highest BCUT2D eigenvalue weighted by atomic mass is 32.2. The molecule has 0 spiro atoms. The molecule has 0 aromatic heterocycles. The fraction of sp³-hybridized carbons (Fsp3) is 1.00. The predicted molar refractivity (Wildman–Crippen MR) is 73.5 cm³/mol. The Morgan fingerprint density at radius 1 is 1.12 bits per heavy atom. The first-order valence-corrected chi connectivity index (χ1v) is 8.51. The Balaban J connectivity index is 1.24. The summed E-state index contributed by atoms with van der Waals surface area (Å²) in [6.07, 6.45) is 9.05. The van der Waals surface area contributed by atoms with Gasteiger partial charge in [-0.15, -0.1) is 0 Å². The molecule has 1 unspecified atom stereocenters. The zero-order valence-corrected chi connectivity index (χ0v) is 11.5. The first-order chi connectivity index (χ1) is 8.43. The number of ether oxygens (including phenoxy) is 1. The average Bonchev–Trinajstić information content (AvgIpc) is 3.25. The Morgan fingerprint density at radius 3 is 2.47 bits per heavy atom. The Morgan fingerprint density at radius 2 is 1.88 bits per heavy atom. The number of rotatable bonds is 8. The minimum atomic E-state index is 0.558. The second kappa shape index (κ2) is 5.94. The van der Waals surface area contributed by atoms with E-state index in [1.54, 1.807) is 0 Å². The summed E-state index contributed by atoms with van der Waals surface area (Å²) in [5.74, 6) is 4.53. The van der Waals surface area contributed by atoms with Gasteiger partial charge in [0.25, 0.3) is 0 Å². The van der Waals surface area contributed by atoms with Gasteiger partial charge in [0.1, 0.15) is 0 Å². The minimum Gasteiger partial charge on any atom is -0.377 e. The maximum Gasteiger partial charge on any atom is 0.0666 e. The van der Waals surface area contributed by atoms with Crippen LogP contribution in [0.15, 0.2) is 0 Å². The summed E-state index contributed by atoms with van der Waals surface area (Å²) in [4.78, 5) is 0. The monoisotopic (exact) mass is 255 g/mol. The van der Waals surface area contributed by atoms with Crippen molar-refractivity contribution in [1.29, 1.82) is 0 Å². The topological polar surface area (TPSA) is 21.3 Å². The van der Waals surface area contributed by atoms with Crippen molar-refractivity contribution in [2.75, 3.05) is 24.7 Å². The summed E-state index contributed by atoms with van der Waals surface area (Å²) in [5.41, 5.74) is 0. The highest BCUT2D eigenvalue weighted by molar-refractivity contribution is 7.99. The van der Waals surface area contributed by atoms with Gasteiger partial charge in [0.2, 0.25) is 0 Å². The molecule has 3 rings (SSSR count). The van der Waals surface area contributed by atoms with Gasteiger partial charge in [0.15, 0.2) is 0 Å². The minimum absolute atomic E-state index is 0.558. The lowest BCUT2D eigenvalue weighted by Crippen LogP contribution is -2.34. The van der Waals surface area contributed by atoms with Crippen LogP contribution in [0.5, 0.6) is 0 Å². The van der Waals surface area contributed by atoms with E-state index in [4.69, 9.17) is 4.74 Å². The van der Waals surface area contributed by atoms with E-state index in [2.05, 4.69) is 17.1 Å². The molecule has 0 amide bonds. The van der Waals surface area contributed by atoms with Gasteiger partial charge in [0, 0.05) is 30.7 Å². The zero-order chi connectivity index (χ0) is 11.5. The number of hydrogen-bond acceptors (Lipinski definition) is 3. The molecule has 1 heterocycles. The van der Waals surface area contributed by atoms with E-state index in [0.717, 1.165) is 24.5 Å². The van der Waals surface area contributed by atoms with E-state index in [9.17, 15) is 0 Å². The van der Waals surface area contributed by atoms with Gasteiger partial charge in [-0.2, -0.15) is 11.8 Å². The summed E-state index contributed by atoms with van der Waals surface area (Å²) in [6.45, 7) is 2.20. The molecule has 3 heteroatoms. The lowest BCUT2D eigenvalue weighted by atomic mass is 10.1. The summed E-state index contributed by atoms with van der Waals surface area (Å²) < 4.78 is 5.64. The molecule has 1 atom stereocenters. The maximum atomic E-state index is 5.64. The third-order valence-corrected chi connectivity index (χ3v) is 5.31. The third-order valence-electron chi connectivity index (χ3n) is 4.21. The molecule has 0 bridgehead atoms. The molecule has 0 aromatic carbocycles. The van der Waals surface area contributed by atoms with Gasteiger partial charge >= 0.3 is 0 Å². The van der Waals surface area contributed by atoms with Crippen LogP contribution < -0.4 is 5.32 Å². The molecular weight excluding hydrogens is 230 g/mol. The molecule has 2 nitrogen and oxygen atoms in total. The third kappa shape index (κ3) is 3.87. The van der Waals surface area contributed by atoms with Crippen LogP contribution in [0.3, 0.4) is 0 Å². The van der Waals surface area contributed by atoms with E-state index in [1.165, 1.54) is 56.6 Å². The normalized spacial score (nSPS) is 29.1. The molecule has 0 radical (unpaired) electrons. The quantitative estimate of drug-likeness (QED) is 0.674. The molecule has 98 valence electrons. The fourth-order valence-corrected chi connectivity index (χ4v) is 3.87. The van der Waals surface area contributed by atoms with Crippen molar-refractivity contribution in [2.45, 2.75) is 50.7 Å². The molecule has 1 saturated heterocycles. The van der Waals surface area contributed by atoms with Crippen molar-refractivity contribution in [2.24, 2.45) is 11.8 Å². The van der Waals surface area contributed by atoms with Crippen LogP contribution in [0.25, 0.3) is 0 Å². The van der Waals surface area contributed by atoms with Crippen LogP contribution in [0.2, 0.25) is 0 Å². The van der Waals surface area contributed by atoms with Crippen molar-refractivity contribution in [3.63, 3.8) is 0 Å². The largest absolute Gasteiger partial charge is 0.377 e. The lowest BCUT2D eigenvalue weighted by Gasteiger charge is -2.17. The molecule has 17 heavy (non-hydrogen) atoms. The number of hydrogen-bond donors (Lipinski definition) is 1. The van der Waals surface area contributed by atoms with Crippen LogP contribution in [-0.2, 0) is 4.74 Å². The van der Waals surface area contributed by atoms with Crippen molar-refractivity contribution in [1.82, 2.24) is 5.32 Å². The summed E-state index contributed by atoms with van der Waals surface area (Å²) in [5, 5.41) is 3.81. The highest BCUT2D eigenvalue weighted by Gasteiger charge is 2.40. The highest BCUT2D eigenvalue weighted by Crippen LogP contribution is 2.44. The van der Waals surface area contributed by atoms with E-state index >= 15 is 0 Å². The lowest BCUT2D eigenvalue weighted by molar-refractivity contribution is 0.129. The standard InChI is InChI=1S/C14H25NOS/c1-2-13(16-8-1)10-17-9-7-15-14(11-3-4-11)12-5-6-12/h11-15H,1-10H2. The van der Waals surface area contributed by atoms with Crippen LogP contribution in [0.1, 0.15) is 38.5 Å². The SMILES string of the molecule is C1COC(CSCCNC(C2CC2)C2CC2)C1. The molecule has 3 fully saturated rings. The second-order valence-corrected chi connectivity index (χ2v) is 7.01. The summed E-state index contributed by atoms with van der Waals surface area (Å²) in [7, 11) is 0. The first-order valence-electron chi connectivity index (χ1n) is 7.36. The van der Waals surface area contributed by atoms with Gasteiger partial charge in [0.05, 0.1) is 6.10 Å². The second-order valence-electron chi connectivity index (χ2n) is 5.86. The van der Waals surface area contributed by atoms with Gasteiger partial charge in [-0.25, -0.2) is 0 Å². The molecule has 3 aliphatic rings. The van der Waals surface area contributed by atoms with Crippen LogP contribution >= 0.6 is 11.8 Å². The zero-order valence-electron chi connectivity index (χ0n) is 10.7. The Bertz CT molecular complexity index is 222. The molecule has 1 aliphatic heterocycles. The Kier molecular flexibility index (Phi) is 4.30. The van der Waals surface area contributed by atoms with E-state index in [1.807, 2.05) is 0 Å². The fourth-order valence-electron chi connectivity index (χ4n) is 2.92. The summed E-state index contributed by atoms with van der Waals surface area (Å²) in [6, 6.07) is 0.873. The van der Waals surface area contributed by atoms with Gasteiger partial charge < -0.3 is 10.1 Å². The van der Waals surface area contributed by atoms with Crippen LogP contribution in [0, 0.1) is 11.8 Å². The van der Waals surface area contributed by atoms with E-state index < -0.39 is 0 Å². The molecule has 2 aliphatic carbocycles. The number of nitrogens with one attached hydrogen (secondary N) is 1. The first kappa shape index (κ1) is 12.3. The number of thioether (sulfide) groups is 1. The van der Waals surface area contributed by atoms with E-state index in [-0.39, 0.29) is 0 Å². The van der Waals surface area contributed by atoms with Crippen LogP contribution in [-0.4, -0.2) is 36.8 Å². The molecule has 2 saturated carbocycles.